The summed E-state index contributed by atoms with van der Waals surface area (Å²) in [5.41, 5.74) is 2.46. The summed E-state index contributed by atoms with van der Waals surface area (Å²) in [6.45, 7) is 6.40. The molecule has 0 spiro atoms. The molecule has 3 aromatic rings. The van der Waals surface area contributed by atoms with Crippen molar-refractivity contribution in [2.75, 3.05) is 36.5 Å². The van der Waals surface area contributed by atoms with Crippen LogP contribution in [0.15, 0.2) is 36.5 Å². The molecule has 3 heterocycles. The number of benzene rings is 1. The van der Waals surface area contributed by atoms with Crippen LogP contribution < -0.4 is 10.2 Å². The lowest BCUT2D eigenvalue weighted by atomic mass is 10.2. The number of aryl methyl sites for hydroxylation is 1. The van der Waals surface area contributed by atoms with Gasteiger partial charge in [0.25, 0.3) is 17.5 Å². The maximum absolute atomic E-state index is 12.4. The predicted octanol–water partition coefficient (Wildman–Crippen LogP) is 1.45. The number of nitrogens with zero attached hydrogens (tertiary/aromatic N) is 5. The second-order valence-electron chi connectivity index (χ2n) is 6.92. The highest BCUT2D eigenvalue weighted by molar-refractivity contribution is 5.96. The number of fused-ring (bicyclic) bond motifs is 1. The summed E-state index contributed by atoms with van der Waals surface area (Å²) in [6, 6.07) is 9.25. The number of anilines is 2. The lowest BCUT2D eigenvalue weighted by molar-refractivity contribution is -0.123. The first-order valence-electron chi connectivity index (χ1n) is 9.64. The number of aromatic nitrogens is 4. The zero-order valence-electron chi connectivity index (χ0n) is 16.7. The Hall–Kier alpha value is -3.53. The van der Waals surface area contributed by atoms with Crippen molar-refractivity contribution in [3.63, 3.8) is 0 Å². The molecular formula is C20H22N6O4. The van der Waals surface area contributed by atoms with Gasteiger partial charge in [0.1, 0.15) is 0 Å². The molecule has 10 heteroatoms. The summed E-state index contributed by atoms with van der Waals surface area (Å²) >= 11 is 0. The van der Waals surface area contributed by atoms with E-state index >= 15 is 0 Å². The third-order valence-corrected chi connectivity index (χ3v) is 4.78. The number of nitrogens with one attached hydrogen (secondary N) is 1. The topological polar surface area (TPSA) is 111 Å². The Bertz CT molecular complexity index is 1060. The maximum Gasteiger partial charge on any atom is 0.379 e. The van der Waals surface area contributed by atoms with Crippen molar-refractivity contribution < 1.29 is 19.1 Å². The number of carbonyl (C=O) groups excluding carboxylic acids is 2. The lowest BCUT2D eigenvalue weighted by Gasteiger charge is -2.28. The molecule has 0 aliphatic carbocycles. The smallest absolute Gasteiger partial charge is 0.379 e. The summed E-state index contributed by atoms with van der Waals surface area (Å²) in [4.78, 5) is 35.1. The molecule has 0 bridgehead atoms. The fourth-order valence-electron chi connectivity index (χ4n) is 3.08. The molecule has 1 atom stereocenters. The van der Waals surface area contributed by atoms with Gasteiger partial charge in [0.15, 0.2) is 6.10 Å². The first kappa shape index (κ1) is 19.8. The number of carbonyl (C=O) groups is 2. The molecule has 0 unspecified atom stereocenters. The van der Waals surface area contributed by atoms with Crippen LogP contribution in [0, 0.1) is 6.92 Å². The molecule has 1 N–H and O–H groups in total. The SMILES string of the molecule is Cc1ccnc2nc(C(=O)O[C@H](C)C(=O)Nc3ccc(N4CCOCC4)cc3)nn12. The minimum atomic E-state index is -1.02. The molecule has 1 aliphatic heterocycles. The predicted molar refractivity (Wildman–Crippen MR) is 109 cm³/mol. The van der Waals surface area contributed by atoms with E-state index in [0.717, 1.165) is 24.5 Å². The summed E-state index contributed by atoms with van der Waals surface area (Å²) < 4.78 is 12.0. The van der Waals surface area contributed by atoms with Gasteiger partial charge in [-0.2, -0.15) is 4.98 Å². The van der Waals surface area contributed by atoms with Gasteiger partial charge in [-0.1, -0.05) is 0 Å². The molecule has 1 aliphatic rings. The first-order valence-corrected chi connectivity index (χ1v) is 9.64. The van der Waals surface area contributed by atoms with Gasteiger partial charge in [-0.15, -0.1) is 5.10 Å². The molecular weight excluding hydrogens is 388 g/mol. The van der Waals surface area contributed by atoms with Crippen LogP contribution in [0.25, 0.3) is 5.78 Å². The minimum Gasteiger partial charge on any atom is -0.447 e. The Morgan fingerprint density at radius 2 is 1.90 bits per heavy atom. The van der Waals surface area contributed by atoms with Gasteiger partial charge in [0.2, 0.25) is 0 Å². The lowest BCUT2D eigenvalue weighted by Crippen LogP contribution is -2.36. The number of rotatable bonds is 5. The summed E-state index contributed by atoms with van der Waals surface area (Å²) in [5.74, 6) is -1.09. The van der Waals surface area contributed by atoms with Crippen molar-refractivity contribution in [3.05, 3.63) is 48.0 Å². The van der Waals surface area contributed by atoms with Crippen LogP contribution in [0.1, 0.15) is 23.2 Å². The van der Waals surface area contributed by atoms with E-state index in [1.807, 2.05) is 31.2 Å². The average Bonchev–Trinajstić information content (AvgIpc) is 3.21. The quantitative estimate of drug-likeness (QED) is 0.629. The van der Waals surface area contributed by atoms with Gasteiger partial charge in [0, 0.05) is 36.4 Å². The number of esters is 1. The normalized spacial score (nSPS) is 15.1. The fourth-order valence-corrected chi connectivity index (χ4v) is 3.08. The van der Waals surface area contributed by atoms with E-state index in [9.17, 15) is 9.59 Å². The molecule has 156 valence electrons. The van der Waals surface area contributed by atoms with Crippen LogP contribution in [-0.2, 0) is 14.3 Å². The molecule has 1 amide bonds. The third-order valence-electron chi connectivity index (χ3n) is 4.78. The van der Waals surface area contributed by atoms with E-state index in [1.54, 1.807) is 12.3 Å². The number of morpholine rings is 1. The summed E-state index contributed by atoms with van der Waals surface area (Å²) in [7, 11) is 0. The van der Waals surface area contributed by atoms with Crippen molar-refractivity contribution >= 4 is 29.0 Å². The van der Waals surface area contributed by atoms with Crippen LogP contribution in [0.4, 0.5) is 11.4 Å². The van der Waals surface area contributed by atoms with Crippen LogP contribution in [-0.4, -0.2) is 63.9 Å². The highest BCUT2D eigenvalue weighted by Gasteiger charge is 2.23. The van der Waals surface area contributed by atoms with Crippen LogP contribution >= 0.6 is 0 Å². The first-order chi connectivity index (χ1) is 14.5. The van der Waals surface area contributed by atoms with E-state index in [0.29, 0.717) is 24.7 Å². The Kier molecular flexibility index (Phi) is 5.57. The fraction of sp³-hybridized carbons (Fsp3) is 0.350. The molecule has 0 saturated carbocycles. The summed E-state index contributed by atoms with van der Waals surface area (Å²) in [5, 5.41) is 6.83. The zero-order valence-corrected chi connectivity index (χ0v) is 16.7. The van der Waals surface area contributed by atoms with Crippen molar-refractivity contribution in [1.82, 2.24) is 19.6 Å². The molecule has 0 radical (unpaired) electrons. The average molecular weight is 410 g/mol. The van der Waals surface area contributed by atoms with Crippen molar-refractivity contribution in [3.8, 4) is 0 Å². The number of hydrogen-bond acceptors (Lipinski definition) is 8. The van der Waals surface area contributed by atoms with Crippen molar-refractivity contribution in [2.45, 2.75) is 20.0 Å². The van der Waals surface area contributed by atoms with Crippen LogP contribution in [0.2, 0.25) is 0 Å². The molecule has 2 aromatic heterocycles. The minimum absolute atomic E-state index is 0.147. The number of amides is 1. The molecule has 1 fully saturated rings. The van der Waals surface area contributed by atoms with Gasteiger partial charge in [0.05, 0.1) is 13.2 Å². The Morgan fingerprint density at radius 3 is 2.60 bits per heavy atom. The zero-order chi connectivity index (χ0) is 21.1. The van der Waals surface area contributed by atoms with Crippen molar-refractivity contribution in [2.24, 2.45) is 0 Å². The van der Waals surface area contributed by atoms with Crippen LogP contribution in [0.5, 0.6) is 0 Å². The molecule has 30 heavy (non-hydrogen) atoms. The van der Waals surface area contributed by atoms with Gasteiger partial charge < -0.3 is 19.7 Å². The molecule has 4 rings (SSSR count). The number of ether oxygens (including phenoxy) is 2. The number of hydrogen-bond donors (Lipinski definition) is 1. The largest absolute Gasteiger partial charge is 0.447 e. The second kappa shape index (κ2) is 8.46. The van der Waals surface area contributed by atoms with E-state index in [-0.39, 0.29) is 5.82 Å². The van der Waals surface area contributed by atoms with E-state index < -0.39 is 18.0 Å². The Labute approximate surface area is 172 Å². The van der Waals surface area contributed by atoms with Crippen molar-refractivity contribution in [1.29, 1.82) is 0 Å². The van der Waals surface area contributed by atoms with E-state index in [4.69, 9.17) is 9.47 Å². The van der Waals surface area contributed by atoms with E-state index in [1.165, 1.54) is 11.4 Å². The third kappa shape index (κ3) is 4.23. The van der Waals surface area contributed by atoms with Gasteiger partial charge in [-0.25, -0.2) is 14.3 Å². The van der Waals surface area contributed by atoms with Gasteiger partial charge in [-0.3, -0.25) is 4.79 Å². The Morgan fingerprint density at radius 1 is 1.17 bits per heavy atom. The highest BCUT2D eigenvalue weighted by atomic mass is 16.5. The monoisotopic (exact) mass is 410 g/mol. The van der Waals surface area contributed by atoms with Gasteiger partial charge in [-0.05, 0) is 44.2 Å². The standard InChI is InChI=1S/C20H22N6O4/c1-13-7-8-21-20-23-17(24-26(13)20)19(28)30-14(2)18(27)22-15-3-5-16(6-4-15)25-9-11-29-12-10-25/h3-8,14H,9-12H2,1-2H3,(H,22,27)/t14-/m1/s1. The highest BCUT2D eigenvalue weighted by Crippen LogP contribution is 2.19. The maximum atomic E-state index is 12.4. The van der Waals surface area contributed by atoms with E-state index in [2.05, 4.69) is 25.3 Å². The second-order valence-corrected chi connectivity index (χ2v) is 6.92. The van der Waals surface area contributed by atoms with Crippen LogP contribution in [0.3, 0.4) is 0 Å². The molecule has 1 saturated heterocycles. The molecule has 1 aromatic carbocycles. The molecule has 10 nitrogen and oxygen atoms in total. The Balaban J connectivity index is 1.36. The summed E-state index contributed by atoms with van der Waals surface area (Å²) in [6.07, 6.45) is 0.562. The van der Waals surface area contributed by atoms with Gasteiger partial charge >= 0.3 is 5.97 Å².